The van der Waals surface area contributed by atoms with Crippen molar-refractivity contribution in [2.75, 3.05) is 36.4 Å². The van der Waals surface area contributed by atoms with Crippen LogP contribution in [0.25, 0.3) is 11.1 Å². The van der Waals surface area contributed by atoms with Crippen LogP contribution in [-0.2, 0) is 11.2 Å². The standard InChI is InChI=1S/C25H23N3O2/c29-24-17-21-16-22(10-11-23(21)26-24)27-12-14-28(15-13-27)25(30)20-8-6-19(7-9-20)18-4-2-1-3-5-18/h1-11,16H,12-15,17H2,(H,26,29). The van der Waals surface area contributed by atoms with Gasteiger partial charge in [0.25, 0.3) is 5.91 Å². The van der Waals surface area contributed by atoms with Crippen LogP contribution < -0.4 is 10.2 Å². The number of carbonyl (C=O) groups excluding carboxylic acids is 2. The maximum absolute atomic E-state index is 12.9. The van der Waals surface area contributed by atoms with Crippen LogP contribution in [0.3, 0.4) is 0 Å². The topological polar surface area (TPSA) is 52.7 Å². The molecule has 0 spiro atoms. The lowest BCUT2D eigenvalue weighted by atomic mass is 10.0. The van der Waals surface area contributed by atoms with Gasteiger partial charge in [0.2, 0.25) is 5.91 Å². The van der Waals surface area contributed by atoms with Gasteiger partial charge in [-0.3, -0.25) is 9.59 Å². The van der Waals surface area contributed by atoms with Gasteiger partial charge in [-0.15, -0.1) is 0 Å². The van der Waals surface area contributed by atoms with Gasteiger partial charge in [0, 0.05) is 43.1 Å². The molecule has 2 aliphatic heterocycles. The van der Waals surface area contributed by atoms with Crippen molar-refractivity contribution in [3.63, 3.8) is 0 Å². The van der Waals surface area contributed by atoms with Gasteiger partial charge < -0.3 is 15.1 Å². The quantitative estimate of drug-likeness (QED) is 0.731. The third-order valence-corrected chi connectivity index (χ3v) is 5.88. The van der Waals surface area contributed by atoms with Gasteiger partial charge in [-0.25, -0.2) is 0 Å². The summed E-state index contributed by atoms with van der Waals surface area (Å²) in [4.78, 5) is 28.7. The number of nitrogens with one attached hydrogen (secondary N) is 1. The zero-order chi connectivity index (χ0) is 20.5. The number of hydrogen-bond donors (Lipinski definition) is 1. The molecule has 0 atom stereocenters. The van der Waals surface area contributed by atoms with Crippen molar-refractivity contribution in [1.29, 1.82) is 0 Å². The lowest BCUT2D eigenvalue weighted by Gasteiger charge is -2.36. The Morgan fingerprint density at radius 1 is 0.800 bits per heavy atom. The fourth-order valence-electron chi connectivity index (χ4n) is 4.20. The molecule has 0 aliphatic carbocycles. The van der Waals surface area contributed by atoms with E-state index in [0.29, 0.717) is 19.5 Å². The Balaban J connectivity index is 1.23. The molecule has 2 aliphatic rings. The lowest BCUT2D eigenvalue weighted by molar-refractivity contribution is -0.115. The molecule has 0 radical (unpaired) electrons. The average molecular weight is 397 g/mol. The van der Waals surface area contributed by atoms with Crippen LogP contribution >= 0.6 is 0 Å². The minimum Gasteiger partial charge on any atom is -0.368 e. The molecule has 0 saturated carbocycles. The van der Waals surface area contributed by atoms with Gasteiger partial charge in [0.15, 0.2) is 0 Å². The van der Waals surface area contributed by atoms with E-state index in [9.17, 15) is 9.59 Å². The first-order valence-corrected chi connectivity index (χ1v) is 10.3. The monoisotopic (exact) mass is 397 g/mol. The van der Waals surface area contributed by atoms with Gasteiger partial charge >= 0.3 is 0 Å². The Bertz CT molecular complexity index is 1090. The minimum absolute atomic E-state index is 0.0517. The highest BCUT2D eigenvalue weighted by Crippen LogP contribution is 2.28. The van der Waals surface area contributed by atoms with Crippen LogP contribution in [0.4, 0.5) is 11.4 Å². The zero-order valence-corrected chi connectivity index (χ0v) is 16.7. The van der Waals surface area contributed by atoms with Crippen molar-refractivity contribution in [3.8, 4) is 11.1 Å². The molecule has 2 heterocycles. The van der Waals surface area contributed by atoms with E-state index in [-0.39, 0.29) is 11.8 Å². The van der Waals surface area contributed by atoms with Crippen LogP contribution in [0.2, 0.25) is 0 Å². The first-order chi connectivity index (χ1) is 14.7. The van der Waals surface area contributed by atoms with Crippen molar-refractivity contribution >= 4 is 23.2 Å². The largest absolute Gasteiger partial charge is 0.368 e. The number of nitrogens with zero attached hydrogens (tertiary/aromatic N) is 2. The summed E-state index contributed by atoms with van der Waals surface area (Å²) in [5.41, 5.74) is 6.07. The maximum atomic E-state index is 12.9. The van der Waals surface area contributed by atoms with E-state index >= 15 is 0 Å². The van der Waals surface area contributed by atoms with Crippen LogP contribution in [0.15, 0.2) is 72.8 Å². The van der Waals surface area contributed by atoms with Gasteiger partial charge in [-0.05, 0) is 47.0 Å². The van der Waals surface area contributed by atoms with Crippen molar-refractivity contribution in [2.45, 2.75) is 6.42 Å². The van der Waals surface area contributed by atoms with Crippen LogP contribution in [-0.4, -0.2) is 42.9 Å². The van der Waals surface area contributed by atoms with Crippen molar-refractivity contribution < 1.29 is 9.59 Å². The molecule has 2 amide bonds. The Morgan fingerprint density at radius 3 is 2.23 bits per heavy atom. The molecule has 3 aromatic carbocycles. The van der Waals surface area contributed by atoms with E-state index in [0.717, 1.165) is 46.7 Å². The van der Waals surface area contributed by atoms with Crippen LogP contribution in [0, 0.1) is 0 Å². The van der Waals surface area contributed by atoms with Crippen LogP contribution in [0.5, 0.6) is 0 Å². The van der Waals surface area contributed by atoms with Crippen molar-refractivity contribution in [2.24, 2.45) is 0 Å². The summed E-state index contributed by atoms with van der Waals surface area (Å²) in [5, 5.41) is 2.87. The highest BCUT2D eigenvalue weighted by molar-refractivity contribution is 5.99. The molecule has 0 bridgehead atoms. The fraction of sp³-hybridized carbons (Fsp3) is 0.200. The summed E-state index contributed by atoms with van der Waals surface area (Å²) in [6.45, 7) is 2.95. The SMILES string of the molecule is O=C1Cc2cc(N3CCN(C(=O)c4ccc(-c5ccccc5)cc4)CC3)ccc2N1. The average Bonchev–Trinajstić information content (AvgIpc) is 3.18. The summed E-state index contributed by atoms with van der Waals surface area (Å²) in [7, 11) is 0. The molecule has 0 unspecified atom stereocenters. The Kier molecular flexibility index (Phi) is 4.71. The first kappa shape index (κ1) is 18.4. The number of amides is 2. The van der Waals surface area contributed by atoms with Crippen molar-refractivity contribution in [1.82, 2.24) is 4.90 Å². The smallest absolute Gasteiger partial charge is 0.253 e. The molecule has 1 fully saturated rings. The molecule has 0 aromatic heterocycles. The predicted octanol–water partition coefficient (Wildman–Crippen LogP) is 3.81. The minimum atomic E-state index is 0.0517. The molecule has 30 heavy (non-hydrogen) atoms. The molecule has 1 saturated heterocycles. The van der Waals surface area contributed by atoms with Gasteiger partial charge in [-0.2, -0.15) is 0 Å². The van der Waals surface area contributed by atoms with Crippen molar-refractivity contribution in [3.05, 3.63) is 83.9 Å². The van der Waals surface area contributed by atoms with E-state index in [1.807, 2.05) is 59.5 Å². The molecule has 5 nitrogen and oxygen atoms in total. The number of carbonyl (C=O) groups is 2. The normalized spacial score (nSPS) is 15.7. The second-order valence-corrected chi connectivity index (χ2v) is 7.79. The molecule has 1 N–H and O–H groups in total. The first-order valence-electron chi connectivity index (χ1n) is 10.3. The molecular weight excluding hydrogens is 374 g/mol. The van der Waals surface area contributed by atoms with E-state index in [4.69, 9.17) is 0 Å². The number of fused-ring (bicyclic) bond motifs is 1. The summed E-state index contributed by atoms with van der Waals surface area (Å²) in [5.74, 6) is 0.133. The Hall–Kier alpha value is -3.60. The number of hydrogen-bond acceptors (Lipinski definition) is 3. The lowest BCUT2D eigenvalue weighted by Crippen LogP contribution is -2.48. The van der Waals surface area contributed by atoms with Crippen LogP contribution in [0.1, 0.15) is 15.9 Å². The summed E-state index contributed by atoms with van der Waals surface area (Å²) in [6.07, 6.45) is 0.445. The fourth-order valence-corrected chi connectivity index (χ4v) is 4.20. The number of benzene rings is 3. The Labute approximate surface area is 175 Å². The number of anilines is 2. The van der Waals surface area contributed by atoms with E-state index in [2.05, 4.69) is 28.4 Å². The van der Waals surface area contributed by atoms with Gasteiger partial charge in [-0.1, -0.05) is 42.5 Å². The van der Waals surface area contributed by atoms with E-state index in [1.165, 1.54) is 0 Å². The molecule has 5 rings (SSSR count). The Morgan fingerprint density at radius 2 is 1.50 bits per heavy atom. The third-order valence-electron chi connectivity index (χ3n) is 5.88. The van der Waals surface area contributed by atoms with Gasteiger partial charge in [0.1, 0.15) is 0 Å². The molecule has 5 heteroatoms. The summed E-state index contributed by atoms with van der Waals surface area (Å²) in [6, 6.07) is 24.1. The highest BCUT2D eigenvalue weighted by atomic mass is 16.2. The summed E-state index contributed by atoms with van der Waals surface area (Å²) < 4.78 is 0. The third kappa shape index (κ3) is 3.54. The number of rotatable bonds is 3. The maximum Gasteiger partial charge on any atom is 0.253 e. The molecule has 150 valence electrons. The summed E-state index contributed by atoms with van der Waals surface area (Å²) >= 11 is 0. The second kappa shape index (κ2) is 7.67. The highest BCUT2D eigenvalue weighted by Gasteiger charge is 2.24. The predicted molar refractivity (Wildman–Crippen MR) is 119 cm³/mol. The second-order valence-electron chi connectivity index (χ2n) is 7.79. The van der Waals surface area contributed by atoms with Gasteiger partial charge in [0.05, 0.1) is 6.42 Å². The zero-order valence-electron chi connectivity index (χ0n) is 16.7. The molecule has 3 aromatic rings. The molecular formula is C25H23N3O2. The van der Waals surface area contributed by atoms with E-state index < -0.39 is 0 Å². The van der Waals surface area contributed by atoms with E-state index in [1.54, 1.807) is 0 Å². The number of piperazine rings is 1.